The summed E-state index contributed by atoms with van der Waals surface area (Å²) in [6.07, 6.45) is 2.98. The molecule has 12 heavy (non-hydrogen) atoms. The Hall–Kier alpha value is -1.25. The van der Waals surface area contributed by atoms with E-state index in [4.69, 9.17) is 9.47 Å². The molecule has 0 aromatic rings. The van der Waals surface area contributed by atoms with Crippen molar-refractivity contribution < 1.29 is 14.3 Å². The minimum absolute atomic E-state index is 0.203. The summed E-state index contributed by atoms with van der Waals surface area (Å²) < 4.78 is 9.74. The summed E-state index contributed by atoms with van der Waals surface area (Å²) in [7, 11) is 0. The number of allylic oxidation sites excluding steroid dienone is 2. The van der Waals surface area contributed by atoms with Crippen molar-refractivity contribution in [2.75, 3.05) is 13.2 Å². The average Bonchev–Trinajstić information content (AvgIpc) is 2.04. The molecule has 0 N–H and O–H groups in total. The van der Waals surface area contributed by atoms with Crippen molar-refractivity contribution in [3.05, 3.63) is 24.5 Å². The van der Waals surface area contributed by atoms with E-state index >= 15 is 0 Å². The number of esters is 1. The van der Waals surface area contributed by atoms with Gasteiger partial charge in [0.2, 0.25) is 5.76 Å². The predicted molar refractivity (Wildman–Crippen MR) is 46.5 cm³/mol. The molecule has 0 saturated carbocycles. The molecule has 0 aromatic heterocycles. The van der Waals surface area contributed by atoms with E-state index in [0.717, 1.165) is 0 Å². The van der Waals surface area contributed by atoms with E-state index in [0.29, 0.717) is 13.2 Å². The first-order valence-corrected chi connectivity index (χ1v) is 3.88. The Bertz CT molecular complexity index is 182. The number of hydrogen-bond acceptors (Lipinski definition) is 3. The summed E-state index contributed by atoms with van der Waals surface area (Å²) in [5.41, 5.74) is 0. The Morgan fingerprint density at radius 1 is 1.33 bits per heavy atom. The van der Waals surface area contributed by atoms with E-state index in [1.165, 1.54) is 12.2 Å². The molecule has 0 bridgehead atoms. The van der Waals surface area contributed by atoms with Crippen LogP contribution in [0.5, 0.6) is 0 Å². The summed E-state index contributed by atoms with van der Waals surface area (Å²) in [6, 6.07) is 0. The van der Waals surface area contributed by atoms with Gasteiger partial charge in [-0.2, -0.15) is 0 Å². The smallest absolute Gasteiger partial charge is 0.373 e. The largest absolute Gasteiger partial charge is 0.487 e. The van der Waals surface area contributed by atoms with Crippen molar-refractivity contribution in [3.8, 4) is 0 Å². The van der Waals surface area contributed by atoms with Crippen LogP contribution in [-0.4, -0.2) is 19.2 Å². The van der Waals surface area contributed by atoms with E-state index < -0.39 is 5.97 Å². The molecule has 0 aromatic carbocycles. The Labute approximate surface area is 72.7 Å². The van der Waals surface area contributed by atoms with Gasteiger partial charge in [-0.15, -0.1) is 0 Å². The normalized spacial score (nSPS) is 10.7. The van der Waals surface area contributed by atoms with Gasteiger partial charge in [0.15, 0.2) is 0 Å². The standard InChI is InChI=1S/C9H14O3/c1-4-7-8(11-5-2)9(10)12-6-3/h4,7H,1,5-6H2,2-3H3/b8-7-. The fraction of sp³-hybridized carbons (Fsp3) is 0.444. The van der Waals surface area contributed by atoms with Crippen LogP contribution in [-0.2, 0) is 14.3 Å². The van der Waals surface area contributed by atoms with Crippen LogP contribution in [0.1, 0.15) is 13.8 Å². The monoisotopic (exact) mass is 170 g/mol. The van der Waals surface area contributed by atoms with Gasteiger partial charge in [0, 0.05) is 0 Å². The number of rotatable bonds is 5. The highest BCUT2D eigenvalue weighted by Gasteiger charge is 2.09. The third-order valence-corrected chi connectivity index (χ3v) is 1.05. The summed E-state index contributed by atoms with van der Waals surface area (Å²) in [5, 5.41) is 0. The summed E-state index contributed by atoms with van der Waals surface area (Å²) in [6.45, 7) is 7.80. The minimum atomic E-state index is -0.445. The number of carbonyl (C=O) groups excluding carboxylic acids is 1. The highest BCUT2D eigenvalue weighted by molar-refractivity contribution is 5.86. The lowest BCUT2D eigenvalue weighted by molar-refractivity contribution is -0.142. The zero-order valence-electron chi connectivity index (χ0n) is 7.50. The average molecular weight is 170 g/mol. The van der Waals surface area contributed by atoms with Crippen molar-refractivity contribution in [1.82, 2.24) is 0 Å². The van der Waals surface area contributed by atoms with Gasteiger partial charge in [0.25, 0.3) is 0 Å². The molecule has 0 aliphatic carbocycles. The minimum Gasteiger partial charge on any atom is -0.487 e. The molecule has 68 valence electrons. The van der Waals surface area contributed by atoms with Gasteiger partial charge >= 0.3 is 5.97 Å². The molecule has 0 radical (unpaired) electrons. The quantitative estimate of drug-likeness (QED) is 0.272. The highest BCUT2D eigenvalue weighted by atomic mass is 16.6. The first kappa shape index (κ1) is 10.8. The SMILES string of the molecule is C=C/C=C(\OCC)C(=O)OCC. The topological polar surface area (TPSA) is 35.5 Å². The summed E-state index contributed by atoms with van der Waals surface area (Å²) >= 11 is 0. The first-order valence-electron chi connectivity index (χ1n) is 3.88. The van der Waals surface area contributed by atoms with Crippen LogP contribution in [0.4, 0.5) is 0 Å². The maximum Gasteiger partial charge on any atom is 0.373 e. The van der Waals surface area contributed by atoms with Crippen molar-refractivity contribution in [1.29, 1.82) is 0 Å². The van der Waals surface area contributed by atoms with Crippen molar-refractivity contribution in [3.63, 3.8) is 0 Å². The van der Waals surface area contributed by atoms with Crippen LogP contribution >= 0.6 is 0 Å². The van der Waals surface area contributed by atoms with Gasteiger partial charge in [0.05, 0.1) is 13.2 Å². The maximum absolute atomic E-state index is 11.1. The molecule has 0 fully saturated rings. The van der Waals surface area contributed by atoms with Crippen molar-refractivity contribution in [2.24, 2.45) is 0 Å². The molecular weight excluding hydrogens is 156 g/mol. The summed E-state index contributed by atoms with van der Waals surface area (Å²) in [5.74, 6) is -0.242. The molecule has 0 aliphatic rings. The molecule has 3 nitrogen and oxygen atoms in total. The Morgan fingerprint density at radius 3 is 2.33 bits per heavy atom. The van der Waals surface area contributed by atoms with E-state index in [2.05, 4.69) is 6.58 Å². The third kappa shape index (κ3) is 3.81. The van der Waals surface area contributed by atoms with Crippen LogP contribution in [0, 0.1) is 0 Å². The molecule has 3 heteroatoms. The third-order valence-electron chi connectivity index (χ3n) is 1.05. The van der Waals surface area contributed by atoms with Crippen molar-refractivity contribution in [2.45, 2.75) is 13.8 Å². The molecule has 0 spiro atoms. The van der Waals surface area contributed by atoms with Crippen LogP contribution < -0.4 is 0 Å². The maximum atomic E-state index is 11.1. The van der Waals surface area contributed by atoms with Gasteiger partial charge in [-0.3, -0.25) is 0 Å². The van der Waals surface area contributed by atoms with Gasteiger partial charge in [0.1, 0.15) is 0 Å². The van der Waals surface area contributed by atoms with E-state index in [1.807, 2.05) is 0 Å². The van der Waals surface area contributed by atoms with E-state index in [-0.39, 0.29) is 5.76 Å². The zero-order valence-corrected chi connectivity index (χ0v) is 7.50. The highest BCUT2D eigenvalue weighted by Crippen LogP contribution is 2.00. The molecule has 0 saturated heterocycles. The van der Waals surface area contributed by atoms with Gasteiger partial charge in [-0.25, -0.2) is 4.79 Å². The van der Waals surface area contributed by atoms with E-state index in [1.54, 1.807) is 13.8 Å². The second-order valence-electron chi connectivity index (χ2n) is 1.92. The molecule has 0 heterocycles. The first-order chi connectivity index (χ1) is 5.76. The lowest BCUT2D eigenvalue weighted by Gasteiger charge is -2.05. The molecule has 0 aliphatic heterocycles. The fourth-order valence-electron chi connectivity index (χ4n) is 0.640. The molecular formula is C9H14O3. The Kier molecular flexibility index (Phi) is 5.79. The van der Waals surface area contributed by atoms with Crippen LogP contribution in [0.3, 0.4) is 0 Å². The Balaban J connectivity index is 4.19. The predicted octanol–water partition coefficient (Wildman–Crippen LogP) is 1.66. The summed E-state index contributed by atoms with van der Waals surface area (Å²) in [4.78, 5) is 11.1. The molecule has 0 rings (SSSR count). The van der Waals surface area contributed by atoms with Crippen molar-refractivity contribution >= 4 is 5.97 Å². The lowest BCUT2D eigenvalue weighted by Crippen LogP contribution is -2.10. The number of hydrogen-bond donors (Lipinski definition) is 0. The van der Waals surface area contributed by atoms with Crippen LogP contribution in [0.25, 0.3) is 0 Å². The van der Waals surface area contributed by atoms with Gasteiger partial charge < -0.3 is 9.47 Å². The van der Waals surface area contributed by atoms with Crippen LogP contribution in [0.2, 0.25) is 0 Å². The molecule has 0 unspecified atom stereocenters. The molecule has 0 atom stereocenters. The second kappa shape index (κ2) is 6.46. The fourth-order valence-corrected chi connectivity index (χ4v) is 0.640. The second-order valence-corrected chi connectivity index (χ2v) is 1.92. The number of carbonyl (C=O) groups is 1. The lowest BCUT2D eigenvalue weighted by atomic mass is 10.4. The van der Waals surface area contributed by atoms with E-state index in [9.17, 15) is 4.79 Å². The van der Waals surface area contributed by atoms with Gasteiger partial charge in [-0.05, 0) is 19.9 Å². The Morgan fingerprint density at radius 2 is 1.92 bits per heavy atom. The molecule has 0 amide bonds. The van der Waals surface area contributed by atoms with Crippen LogP contribution in [0.15, 0.2) is 24.5 Å². The van der Waals surface area contributed by atoms with Gasteiger partial charge in [-0.1, -0.05) is 12.7 Å². The zero-order chi connectivity index (χ0) is 9.40. The number of ether oxygens (including phenoxy) is 2.